The number of thiazole rings is 1. The van der Waals surface area contributed by atoms with E-state index in [9.17, 15) is 0 Å². The third kappa shape index (κ3) is 2.89. The van der Waals surface area contributed by atoms with Crippen molar-refractivity contribution in [1.29, 1.82) is 0 Å². The summed E-state index contributed by atoms with van der Waals surface area (Å²) >= 11 is 1.90. The standard InChI is InChI=1S/C14H22N2S/c1-2-4-12(3-1)13-10-17-14(16-13)9-11-5-7-15-8-6-11/h10-12,15H,1-9H2. The van der Waals surface area contributed by atoms with E-state index >= 15 is 0 Å². The summed E-state index contributed by atoms with van der Waals surface area (Å²) in [4.78, 5) is 4.88. The third-order valence-corrected chi connectivity index (χ3v) is 5.15. The van der Waals surface area contributed by atoms with Crippen LogP contribution in [0.15, 0.2) is 5.38 Å². The number of piperidine rings is 1. The Morgan fingerprint density at radius 1 is 1.18 bits per heavy atom. The molecule has 0 spiro atoms. The smallest absolute Gasteiger partial charge is 0.0931 e. The molecule has 0 bridgehead atoms. The first kappa shape index (κ1) is 11.7. The number of nitrogens with zero attached hydrogens (tertiary/aromatic N) is 1. The molecule has 2 nitrogen and oxygen atoms in total. The molecule has 1 aromatic rings. The van der Waals surface area contributed by atoms with E-state index in [0.717, 1.165) is 11.8 Å². The Morgan fingerprint density at radius 3 is 2.71 bits per heavy atom. The van der Waals surface area contributed by atoms with Crippen molar-refractivity contribution in [2.24, 2.45) is 5.92 Å². The lowest BCUT2D eigenvalue weighted by Gasteiger charge is -2.21. The van der Waals surface area contributed by atoms with E-state index in [2.05, 4.69) is 10.7 Å². The number of hydrogen-bond donors (Lipinski definition) is 1. The molecule has 1 aromatic heterocycles. The molecule has 2 aliphatic rings. The number of rotatable bonds is 3. The summed E-state index contributed by atoms with van der Waals surface area (Å²) in [6.07, 6.45) is 9.44. The molecule has 0 atom stereocenters. The molecule has 3 rings (SSSR count). The quantitative estimate of drug-likeness (QED) is 0.890. The zero-order valence-corrected chi connectivity index (χ0v) is 11.3. The van der Waals surface area contributed by atoms with Crippen LogP contribution in [0.2, 0.25) is 0 Å². The van der Waals surface area contributed by atoms with Gasteiger partial charge in [0.25, 0.3) is 0 Å². The van der Waals surface area contributed by atoms with E-state index < -0.39 is 0 Å². The van der Waals surface area contributed by atoms with E-state index in [1.54, 1.807) is 0 Å². The van der Waals surface area contributed by atoms with Gasteiger partial charge in [0.2, 0.25) is 0 Å². The summed E-state index contributed by atoms with van der Waals surface area (Å²) in [5, 5.41) is 7.15. The molecule has 0 unspecified atom stereocenters. The van der Waals surface area contributed by atoms with Crippen LogP contribution in [0.1, 0.15) is 55.1 Å². The second kappa shape index (κ2) is 5.49. The molecule has 1 aliphatic carbocycles. The Bertz CT molecular complexity index is 349. The first-order valence-electron chi connectivity index (χ1n) is 7.07. The van der Waals surface area contributed by atoms with Crippen LogP contribution in [-0.4, -0.2) is 18.1 Å². The maximum atomic E-state index is 4.88. The van der Waals surface area contributed by atoms with Crippen LogP contribution >= 0.6 is 11.3 Å². The minimum atomic E-state index is 0.785. The summed E-state index contributed by atoms with van der Waals surface area (Å²) in [5.74, 6) is 1.66. The van der Waals surface area contributed by atoms with Crippen LogP contribution < -0.4 is 5.32 Å². The molecule has 0 amide bonds. The van der Waals surface area contributed by atoms with Crippen molar-refractivity contribution in [3.63, 3.8) is 0 Å². The first-order valence-corrected chi connectivity index (χ1v) is 7.95. The average molecular weight is 250 g/mol. The van der Waals surface area contributed by atoms with Crippen LogP contribution in [0.5, 0.6) is 0 Å². The zero-order valence-electron chi connectivity index (χ0n) is 10.5. The monoisotopic (exact) mass is 250 g/mol. The Hall–Kier alpha value is -0.410. The highest BCUT2D eigenvalue weighted by atomic mass is 32.1. The molecular formula is C14H22N2S. The third-order valence-electron chi connectivity index (χ3n) is 4.26. The average Bonchev–Trinajstić information content (AvgIpc) is 3.00. The Kier molecular flexibility index (Phi) is 3.77. The van der Waals surface area contributed by atoms with Gasteiger partial charge < -0.3 is 5.32 Å². The molecule has 2 heterocycles. The summed E-state index contributed by atoms with van der Waals surface area (Å²) < 4.78 is 0. The SMILES string of the molecule is c1sc(CC2CCNCC2)nc1C1CCCC1. The van der Waals surface area contributed by atoms with Gasteiger partial charge in [0.05, 0.1) is 10.7 Å². The Morgan fingerprint density at radius 2 is 1.94 bits per heavy atom. The minimum Gasteiger partial charge on any atom is -0.317 e. The second-order valence-corrected chi connectivity index (χ2v) is 6.49. The van der Waals surface area contributed by atoms with Crippen molar-refractivity contribution in [3.8, 4) is 0 Å². The van der Waals surface area contributed by atoms with Gasteiger partial charge in [-0.15, -0.1) is 11.3 Å². The fraction of sp³-hybridized carbons (Fsp3) is 0.786. The Balaban J connectivity index is 1.59. The van der Waals surface area contributed by atoms with Crippen LogP contribution in [-0.2, 0) is 6.42 Å². The predicted molar refractivity (Wildman–Crippen MR) is 72.6 cm³/mol. The largest absolute Gasteiger partial charge is 0.317 e. The summed E-state index contributed by atoms with van der Waals surface area (Å²) in [6.45, 7) is 2.40. The molecule has 2 fully saturated rings. The van der Waals surface area contributed by atoms with E-state index in [-0.39, 0.29) is 0 Å². The van der Waals surface area contributed by atoms with Gasteiger partial charge in [-0.05, 0) is 44.7 Å². The summed E-state index contributed by atoms with van der Waals surface area (Å²) in [5.41, 5.74) is 1.40. The van der Waals surface area contributed by atoms with Crippen molar-refractivity contribution in [3.05, 3.63) is 16.1 Å². The topological polar surface area (TPSA) is 24.9 Å². The van der Waals surface area contributed by atoms with Crippen molar-refractivity contribution in [2.45, 2.75) is 50.9 Å². The molecular weight excluding hydrogens is 228 g/mol. The van der Waals surface area contributed by atoms with Gasteiger partial charge in [-0.2, -0.15) is 0 Å². The summed E-state index contributed by atoms with van der Waals surface area (Å²) in [6, 6.07) is 0. The first-order chi connectivity index (χ1) is 8.42. The van der Waals surface area contributed by atoms with Crippen LogP contribution in [0.3, 0.4) is 0 Å². The van der Waals surface area contributed by atoms with Crippen molar-refractivity contribution in [2.75, 3.05) is 13.1 Å². The maximum absolute atomic E-state index is 4.88. The molecule has 1 aliphatic heterocycles. The Labute approximate surface area is 108 Å². The molecule has 1 saturated carbocycles. The highest BCUT2D eigenvalue weighted by molar-refractivity contribution is 7.09. The van der Waals surface area contributed by atoms with Gasteiger partial charge >= 0.3 is 0 Å². The predicted octanol–water partition coefficient (Wildman–Crippen LogP) is 3.34. The summed E-state index contributed by atoms with van der Waals surface area (Å²) in [7, 11) is 0. The van der Waals surface area contributed by atoms with Gasteiger partial charge in [-0.3, -0.25) is 0 Å². The molecule has 1 N–H and O–H groups in total. The molecule has 17 heavy (non-hydrogen) atoms. The number of hydrogen-bond acceptors (Lipinski definition) is 3. The highest BCUT2D eigenvalue weighted by Crippen LogP contribution is 2.35. The van der Waals surface area contributed by atoms with E-state index in [0.29, 0.717) is 0 Å². The highest BCUT2D eigenvalue weighted by Gasteiger charge is 2.21. The van der Waals surface area contributed by atoms with Crippen molar-refractivity contribution < 1.29 is 0 Å². The van der Waals surface area contributed by atoms with Gasteiger partial charge in [-0.1, -0.05) is 12.8 Å². The van der Waals surface area contributed by atoms with Gasteiger partial charge in [0.15, 0.2) is 0 Å². The number of aromatic nitrogens is 1. The lowest BCUT2D eigenvalue weighted by Crippen LogP contribution is -2.28. The van der Waals surface area contributed by atoms with Crippen LogP contribution in [0.4, 0.5) is 0 Å². The normalized spacial score (nSPS) is 23.3. The molecule has 0 aromatic carbocycles. The van der Waals surface area contributed by atoms with Gasteiger partial charge in [-0.25, -0.2) is 4.98 Å². The van der Waals surface area contributed by atoms with E-state index in [1.165, 1.54) is 68.7 Å². The molecule has 3 heteroatoms. The van der Waals surface area contributed by atoms with Crippen molar-refractivity contribution >= 4 is 11.3 Å². The van der Waals surface area contributed by atoms with E-state index in [4.69, 9.17) is 4.98 Å². The lowest BCUT2D eigenvalue weighted by molar-refractivity contribution is 0.372. The second-order valence-electron chi connectivity index (χ2n) is 5.54. The van der Waals surface area contributed by atoms with Crippen molar-refractivity contribution in [1.82, 2.24) is 10.3 Å². The van der Waals surface area contributed by atoms with E-state index in [1.807, 2.05) is 11.3 Å². The fourth-order valence-electron chi connectivity index (χ4n) is 3.16. The molecule has 94 valence electrons. The zero-order chi connectivity index (χ0) is 11.5. The number of nitrogens with one attached hydrogen (secondary N) is 1. The molecule has 0 radical (unpaired) electrons. The van der Waals surface area contributed by atoms with Gasteiger partial charge in [0.1, 0.15) is 0 Å². The van der Waals surface area contributed by atoms with Crippen LogP contribution in [0.25, 0.3) is 0 Å². The molecule has 1 saturated heterocycles. The van der Waals surface area contributed by atoms with Crippen LogP contribution in [0, 0.1) is 5.92 Å². The lowest BCUT2D eigenvalue weighted by atomic mass is 9.95. The fourth-order valence-corrected chi connectivity index (χ4v) is 4.15. The minimum absolute atomic E-state index is 0.785. The van der Waals surface area contributed by atoms with Gasteiger partial charge in [0, 0.05) is 17.7 Å². The maximum Gasteiger partial charge on any atom is 0.0931 e.